The summed E-state index contributed by atoms with van der Waals surface area (Å²) in [7, 11) is 1.41. The highest BCUT2D eigenvalue weighted by Crippen LogP contribution is 2.23. The van der Waals surface area contributed by atoms with E-state index in [0.717, 1.165) is 10.8 Å². The molecule has 1 heterocycles. The number of ether oxygens (including phenoxy) is 1. The smallest absolute Gasteiger partial charge is 0.311 e. The second-order valence-corrected chi connectivity index (χ2v) is 5.94. The Morgan fingerprint density at radius 1 is 1.37 bits per heavy atom. The van der Waals surface area contributed by atoms with Crippen LogP contribution in [0.5, 0.6) is 0 Å². The van der Waals surface area contributed by atoms with Crippen molar-refractivity contribution in [2.24, 2.45) is 0 Å². The molecule has 0 spiro atoms. The Bertz CT molecular complexity index is 398. The summed E-state index contributed by atoms with van der Waals surface area (Å²) in [6, 6.07) is 0.539. The van der Waals surface area contributed by atoms with Crippen LogP contribution < -0.4 is 5.32 Å². The second-order valence-electron chi connectivity index (χ2n) is 5.08. The van der Waals surface area contributed by atoms with Gasteiger partial charge in [-0.05, 0) is 12.8 Å². The van der Waals surface area contributed by atoms with Crippen LogP contribution in [-0.4, -0.2) is 24.1 Å². The van der Waals surface area contributed by atoms with Gasteiger partial charge in [0, 0.05) is 11.4 Å². The van der Waals surface area contributed by atoms with Gasteiger partial charge in [-0.15, -0.1) is 11.3 Å². The molecule has 0 aromatic carbocycles. The highest BCUT2D eigenvalue weighted by molar-refractivity contribution is 7.13. The van der Waals surface area contributed by atoms with Crippen LogP contribution in [0, 0.1) is 0 Å². The zero-order valence-electron chi connectivity index (χ0n) is 11.5. The summed E-state index contributed by atoms with van der Waals surface area (Å²) in [5, 5.41) is 6.38. The molecule has 4 nitrogen and oxygen atoms in total. The van der Waals surface area contributed by atoms with Crippen molar-refractivity contribution in [1.29, 1.82) is 0 Å². The molecule has 106 valence electrons. The summed E-state index contributed by atoms with van der Waals surface area (Å²) in [6.07, 6.45) is 9.41. The third-order valence-corrected chi connectivity index (χ3v) is 4.36. The van der Waals surface area contributed by atoms with E-state index in [-0.39, 0.29) is 12.4 Å². The van der Waals surface area contributed by atoms with Gasteiger partial charge in [0.2, 0.25) is 0 Å². The van der Waals surface area contributed by atoms with Gasteiger partial charge in [-0.2, -0.15) is 0 Å². The van der Waals surface area contributed by atoms with Gasteiger partial charge in [-0.25, -0.2) is 4.98 Å². The predicted octanol–water partition coefficient (Wildman–Crippen LogP) is 3.38. The van der Waals surface area contributed by atoms with Crippen molar-refractivity contribution in [3.8, 4) is 0 Å². The molecule has 1 aromatic rings. The van der Waals surface area contributed by atoms with Crippen LogP contribution in [0.15, 0.2) is 5.38 Å². The van der Waals surface area contributed by atoms with Crippen molar-refractivity contribution in [1.82, 2.24) is 4.98 Å². The Morgan fingerprint density at radius 3 is 2.74 bits per heavy atom. The molecule has 0 atom stereocenters. The maximum absolute atomic E-state index is 11.2. The zero-order valence-corrected chi connectivity index (χ0v) is 12.3. The number of anilines is 1. The fraction of sp³-hybridized carbons (Fsp3) is 0.714. The molecule has 1 aliphatic rings. The Kier molecular flexibility index (Phi) is 5.63. The third kappa shape index (κ3) is 4.82. The van der Waals surface area contributed by atoms with Gasteiger partial charge >= 0.3 is 5.97 Å². The van der Waals surface area contributed by atoms with Crippen molar-refractivity contribution < 1.29 is 9.53 Å². The number of carbonyl (C=O) groups excluding carboxylic acids is 1. The standard InChI is InChI=1S/C14H22N2O2S/c1-18-13(17)9-12-10-19-14(16-12)15-11-7-5-3-2-4-6-8-11/h10-11H,2-9H2,1H3,(H,15,16). The highest BCUT2D eigenvalue weighted by Gasteiger charge is 2.13. The summed E-state index contributed by atoms with van der Waals surface area (Å²) in [4.78, 5) is 15.6. The van der Waals surface area contributed by atoms with Crippen molar-refractivity contribution in [2.45, 2.75) is 57.4 Å². The average molecular weight is 282 g/mol. The molecule has 0 aliphatic heterocycles. The lowest BCUT2D eigenvalue weighted by molar-refractivity contribution is -0.139. The molecule has 0 radical (unpaired) electrons. The quantitative estimate of drug-likeness (QED) is 0.860. The molecule has 0 amide bonds. The Hall–Kier alpha value is -1.10. The molecule has 1 aliphatic carbocycles. The predicted molar refractivity (Wildman–Crippen MR) is 77.6 cm³/mol. The number of rotatable bonds is 4. The van der Waals surface area contributed by atoms with E-state index in [0.29, 0.717) is 6.04 Å². The first kappa shape index (κ1) is 14.3. The average Bonchev–Trinajstić information content (AvgIpc) is 2.79. The number of methoxy groups -OCH3 is 1. The Morgan fingerprint density at radius 2 is 2.05 bits per heavy atom. The molecular weight excluding hydrogens is 260 g/mol. The minimum absolute atomic E-state index is 0.234. The number of thiazole rings is 1. The first-order valence-corrected chi connectivity index (χ1v) is 7.93. The van der Waals surface area contributed by atoms with Gasteiger partial charge in [0.25, 0.3) is 0 Å². The second kappa shape index (κ2) is 7.48. The lowest BCUT2D eigenvalue weighted by atomic mass is 9.97. The number of hydrogen-bond donors (Lipinski definition) is 1. The van der Waals surface area contributed by atoms with Crippen LogP contribution in [-0.2, 0) is 16.0 Å². The molecular formula is C14H22N2O2S. The Labute approximate surface area is 118 Å². The minimum atomic E-state index is -0.234. The SMILES string of the molecule is COC(=O)Cc1csc(NC2CCCCCCC2)n1. The molecule has 2 rings (SSSR count). The van der Waals surface area contributed by atoms with E-state index >= 15 is 0 Å². The first-order chi connectivity index (χ1) is 9.28. The highest BCUT2D eigenvalue weighted by atomic mass is 32.1. The fourth-order valence-electron chi connectivity index (χ4n) is 2.45. The van der Waals surface area contributed by atoms with Gasteiger partial charge in [-0.3, -0.25) is 4.79 Å². The molecule has 1 saturated carbocycles. The van der Waals surface area contributed by atoms with E-state index < -0.39 is 0 Å². The Balaban J connectivity index is 1.85. The number of nitrogens with one attached hydrogen (secondary N) is 1. The van der Waals surface area contributed by atoms with Gasteiger partial charge in [-0.1, -0.05) is 32.1 Å². The van der Waals surface area contributed by atoms with Gasteiger partial charge in [0.1, 0.15) is 0 Å². The van der Waals surface area contributed by atoms with Crippen molar-refractivity contribution >= 4 is 22.4 Å². The van der Waals surface area contributed by atoms with Crippen LogP contribution >= 0.6 is 11.3 Å². The van der Waals surface area contributed by atoms with Crippen LogP contribution in [0.4, 0.5) is 5.13 Å². The number of nitrogens with zero attached hydrogens (tertiary/aromatic N) is 1. The molecule has 1 N–H and O–H groups in total. The van der Waals surface area contributed by atoms with E-state index in [4.69, 9.17) is 0 Å². The van der Waals surface area contributed by atoms with Crippen LogP contribution in [0.3, 0.4) is 0 Å². The van der Waals surface area contributed by atoms with Crippen molar-refractivity contribution in [3.05, 3.63) is 11.1 Å². The molecule has 0 saturated heterocycles. The van der Waals surface area contributed by atoms with E-state index in [1.54, 1.807) is 11.3 Å². The maximum Gasteiger partial charge on any atom is 0.311 e. The van der Waals surface area contributed by atoms with Crippen molar-refractivity contribution in [3.63, 3.8) is 0 Å². The van der Waals surface area contributed by atoms with E-state index in [9.17, 15) is 4.79 Å². The van der Waals surface area contributed by atoms with Crippen LogP contribution in [0.1, 0.15) is 50.6 Å². The summed E-state index contributed by atoms with van der Waals surface area (Å²) < 4.78 is 4.65. The van der Waals surface area contributed by atoms with Gasteiger partial charge in [0.15, 0.2) is 5.13 Å². The van der Waals surface area contributed by atoms with Crippen LogP contribution in [0.2, 0.25) is 0 Å². The monoisotopic (exact) mass is 282 g/mol. The van der Waals surface area contributed by atoms with Gasteiger partial charge < -0.3 is 10.1 Å². The normalized spacial score (nSPS) is 17.5. The number of hydrogen-bond acceptors (Lipinski definition) is 5. The summed E-state index contributed by atoms with van der Waals surface area (Å²) >= 11 is 1.58. The minimum Gasteiger partial charge on any atom is -0.469 e. The number of esters is 1. The summed E-state index contributed by atoms with van der Waals surface area (Å²) in [6.45, 7) is 0. The molecule has 0 bridgehead atoms. The molecule has 5 heteroatoms. The van der Waals surface area contributed by atoms with E-state index in [1.165, 1.54) is 52.1 Å². The number of aromatic nitrogens is 1. The number of carbonyl (C=O) groups is 1. The lowest BCUT2D eigenvalue weighted by Crippen LogP contribution is -2.20. The largest absolute Gasteiger partial charge is 0.469 e. The van der Waals surface area contributed by atoms with Crippen LogP contribution in [0.25, 0.3) is 0 Å². The summed E-state index contributed by atoms with van der Waals surface area (Å²) in [5.41, 5.74) is 0.796. The molecule has 19 heavy (non-hydrogen) atoms. The summed E-state index contributed by atoms with van der Waals surface area (Å²) in [5.74, 6) is -0.234. The first-order valence-electron chi connectivity index (χ1n) is 7.05. The van der Waals surface area contributed by atoms with E-state index in [1.807, 2.05) is 5.38 Å². The lowest BCUT2D eigenvalue weighted by Gasteiger charge is -2.20. The zero-order chi connectivity index (χ0) is 13.5. The molecule has 1 fully saturated rings. The van der Waals surface area contributed by atoms with Gasteiger partial charge in [0.05, 0.1) is 19.2 Å². The maximum atomic E-state index is 11.2. The third-order valence-electron chi connectivity index (χ3n) is 3.54. The topological polar surface area (TPSA) is 51.2 Å². The molecule has 1 aromatic heterocycles. The fourth-order valence-corrected chi connectivity index (χ4v) is 3.24. The van der Waals surface area contributed by atoms with Crippen molar-refractivity contribution in [2.75, 3.05) is 12.4 Å². The van der Waals surface area contributed by atoms with E-state index in [2.05, 4.69) is 15.0 Å². The molecule has 0 unspecified atom stereocenters.